The summed E-state index contributed by atoms with van der Waals surface area (Å²) < 4.78 is 5.70. The van der Waals surface area contributed by atoms with E-state index in [9.17, 15) is 5.11 Å². The molecule has 2 fully saturated rings. The molecule has 2 saturated carbocycles. The second kappa shape index (κ2) is 7.31. The molecular weight excluding hydrogens is 260 g/mol. The Morgan fingerprint density at radius 3 is 2.62 bits per heavy atom. The summed E-state index contributed by atoms with van der Waals surface area (Å²) in [5, 5.41) is 10.3. The summed E-state index contributed by atoms with van der Waals surface area (Å²) in [6.45, 7) is 0.428. The highest BCUT2D eigenvalue weighted by atomic mass is 16.5. The average Bonchev–Trinajstić information content (AvgIpc) is 2.54. The van der Waals surface area contributed by atoms with Crippen LogP contribution >= 0.6 is 0 Å². The number of hydrogen-bond acceptors (Lipinski definition) is 2. The fourth-order valence-corrected chi connectivity index (χ4v) is 4.49. The lowest BCUT2D eigenvalue weighted by molar-refractivity contribution is 0.0345. The standard InChI is InChI=1S/C19H28O2/c20-17(14-21-18-10-2-1-3-11-18)13-16-9-6-8-15-7-4-5-12-19(15)16/h1-3,10-11,15-17,19-20H,4-9,12-14H2. The summed E-state index contributed by atoms with van der Waals surface area (Å²) in [5.74, 6) is 3.40. The number of benzene rings is 1. The smallest absolute Gasteiger partial charge is 0.119 e. The van der Waals surface area contributed by atoms with E-state index in [1.165, 1.54) is 44.9 Å². The molecule has 4 unspecified atom stereocenters. The third-order valence-corrected chi connectivity index (χ3v) is 5.48. The lowest BCUT2D eigenvalue weighted by atomic mass is 9.64. The molecule has 2 heteroatoms. The van der Waals surface area contributed by atoms with Crippen molar-refractivity contribution in [2.24, 2.45) is 17.8 Å². The number of aliphatic hydroxyl groups excluding tert-OH is 1. The number of ether oxygens (including phenoxy) is 1. The van der Waals surface area contributed by atoms with Crippen LogP contribution in [-0.4, -0.2) is 17.8 Å². The van der Waals surface area contributed by atoms with E-state index in [4.69, 9.17) is 4.74 Å². The predicted molar refractivity (Wildman–Crippen MR) is 85.3 cm³/mol. The molecule has 0 heterocycles. The fourth-order valence-electron chi connectivity index (χ4n) is 4.49. The van der Waals surface area contributed by atoms with Crippen LogP contribution in [0.15, 0.2) is 30.3 Å². The van der Waals surface area contributed by atoms with E-state index >= 15 is 0 Å². The number of fused-ring (bicyclic) bond motifs is 1. The van der Waals surface area contributed by atoms with Crippen LogP contribution in [0.4, 0.5) is 0 Å². The van der Waals surface area contributed by atoms with Gasteiger partial charge in [0.25, 0.3) is 0 Å². The largest absolute Gasteiger partial charge is 0.491 e. The van der Waals surface area contributed by atoms with Gasteiger partial charge >= 0.3 is 0 Å². The second-order valence-electron chi connectivity index (χ2n) is 6.91. The third-order valence-electron chi connectivity index (χ3n) is 5.48. The van der Waals surface area contributed by atoms with E-state index in [-0.39, 0.29) is 6.10 Å². The van der Waals surface area contributed by atoms with Crippen LogP contribution in [0.3, 0.4) is 0 Å². The number of aliphatic hydroxyl groups is 1. The Kier molecular flexibility index (Phi) is 5.18. The number of rotatable bonds is 5. The molecule has 21 heavy (non-hydrogen) atoms. The van der Waals surface area contributed by atoms with Crippen molar-refractivity contribution >= 4 is 0 Å². The first-order chi connectivity index (χ1) is 10.3. The van der Waals surface area contributed by atoms with Gasteiger partial charge in [-0.1, -0.05) is 56.7 Å². The molecule has 0 spiro atoms. The van der Waals surface area contributed by atoms with Crippen molar-refractivity contribution in [3.63, 3.8) is 0 Å². The van der Waals surface area contributed by atoms with Gasteiger partial charge in [0, 0.05) is 0 Å². The summed E-state index contributed by atoms with van der Waals surface area (Å²) in [5.41, 5.74) is 0. The summed E-state index contributed by atoms with van der Waals surface area (Å²) in [6.07, 6.45) is 10.3. The van der Waals surface area contributed by atoms with Gasteiger partial charge in [-0.05, 0) is 42.7 Å². The van der Waals surface area contributed by atoms with Gasteiger partial charge in [-0.15, -0.1) is 0 Å². The number of para-hydroxylation sites is 1. The molecule has 0 amide bonds. The highest BCUT2D eigenvalue weighted by Gasteiger charge is 2.35. The van der Waals surface area contributed by atoms with Crippen LogP contribution in [0.5, 0.6) is 5.75 Å². The van der Waals surface area contributed by atoms with Gasteiger partial charge in [-0.25, -0.2) is 0 Å². The monoisotopic (exact) mass is 288 g/mol. The van der Waals surface area contributed by atoms with Crippen molar-refractivity contribution in [3.8, 4) is 5.75 Å². The van der Waals surface area contributed by atoms with Gasteiger partial charge in [0.05, 0.1) is 6.10 Å². The first-order valence-corrected chi connectivity index (χ1v) is 8.69. The molecule has 1 aromatic rings. The Balaban J connectivity index is 1.48. The Morgan fingerprint density at radius 1 is 1.00 bits per heavy atom. The van der Waals surface area contributed by atoms with Gasteiger partial charge in [0.2, 0.25) is 0 Å². The van der Waals surface area contributed by atoms with Gasteiger partial charge < -0.3 is 9.84 Å². The highest BCUT2D eigenvalue weighted by molar-refractivity contribution is 5.20. The molecule has 0 radical (unpaired) electrons. The first-order valence-electron chi connectivity index (χ1n) is 8.69. The molecule has 4 atom stereocenters. The van der Waals surface area contributed by atoms with E-state index in [1.807, 2.05) is 30.3 Å². The molecule has 2 aliphatic carbocycles. The topological polar surface area (TPSA) is 29.5 Å². The van der Waals surface area contributed by atoms with Crippen molar-refractivity contribution in [1.82, 2.24) is 0 Å². The Hall–Kier alpha value is -1.02. The van der Waals surface area contributed by atoms with E-state index < -0.39 is 0 Å². The van der Waals surface area contributed by atoms with Crippen LogP contribution in [0.2, 0.25) is 0 Å². The minimum absolute atomic E-state index is 0.323. The van der Waals surface area contributed by atoms with Crippen molar-refractivity contribution < 1.29 is 9.84 Å². The zero-order valence-corrected chi connectivity index (χ0v) is 12.9. The minimum Gasteiger partial charge on any atom is -0.491 e. The van der Waals surface area contributed by atoms with E-state index in [2.05, 4.69) is 0 Å². The third kappa shape index (κ3) is 4.00. The lowest BCUT2D eigenvalue weighted by Gasteiger charge is -2.42. The maximum atomic E-state index is 10.3. The van der Waals surface area contributed by atoms with Crippen molar-refractivity contribution in [2.45, 2.75) is 57.5 Å². The van der Waals surface area contributed by atoms with E-state index in [0.717, 1.165) is 29.9 Å². The van der Waals surface area contributed by atoms with E-state index in [0.29, 0.717) is 6.61 Å². The quantitative estimate of drug-likeness (QED) is 0.869. The van der Waals surface area contributed by atoms with Gasteiger partial charge in [0.1, 0.15) is 12.4 Å². The van der Waals surface area contributed by atoms with Crippen molar-refractivity contribution in [1.29, 1.82) is 0 Å². The summed E-state index contributed by atoms with van der Waals surface area (Å²) >= 11 is 0. The normalized spacial score (nSPS) is 30.4. The number of hydrogen-bond donors (Lipinski definition) is 1. The molecular formula is C19H28O2. The molecule has 0 aromatic heterocycles. The van der Waals surface area contributed by atoms with Crippen LogP contribution < -0.4 is 4.74 Å². The van der Waals surface area contributed by atoms with Gasteiger partial charge in [-0.2, -0.15) is 0 Å². The Morgan fingerprint density at radius 2 is 1.76 bits per heavy atom. The maximum absolute atomic E-state index is 10.3. The summed E-state index contributed by atoms with van der Waals surface area (Å²) in [7, 11) is 0. The Bertz CT molecular complexity index is 415. The molecule has 2 nitrogen and oxygen atoms in total. The minimum atomic E-state index is -0.323. The zero-order chi connectivity index (χ0) is 14.5. The molecule has 116 valence electrons. The molecule has 1 N–H and O–H groups in total. The van der Waals surface area contributed by atoms with Crippen molar-refractivity contribution in [2.75, 3.05) is 6.61 Å². The van der Waals surface area contributed by atoms with Gasteiger partial charge in [-0.3, -0.25) is 0 Å². The molecule has 3 rings (SSSR count). The summed E-state index contributed by atoms with van der Waals surface area (Å²) in [4.78, 5) is 0. The molecule has 0 saturated heterocycles. The average molecular weight is 288 g/mol. The van der Waals surface area contributed by atoms with Gasteiger partial charge in [0.15, 0.2) is 0 Å². The summed E-state index contributed by atoms with van der Waals surface area (Å²) in [6, 6.07) is 9.81. The van der Waals surface area contributed by atoms with Crippen LogP contribution in [0, 0.1) is 17.8 Å². The van der Waals surface area contributed by atoms with Crippen molar-refractivity contribution in [3.05, 3.63) is 30.3 Å². The zero-order valence-electron chi connectivity index (χ0n) is 12.9. The van der Waals surface area contributed by atoms with Crippen LogP contribution in [0.25, 0.3) is 0 Å². The first kappa shape index (κ1) is 14.9. The maximum Gasteiger partial charge on any atom is 0.119 e. The van der Waals surface area contributed by atoms with Crippen LogP contribution in [-0.2, 0) is 0 Å². The molecule has 2 aliphatic rings. The second-order valence-corrected chi connectivity index (χ2v) is 6.91. The fraction of sp³-hybridized carbons (Fsp3) is 0.684. The molecule has 0 bridgehead atoms. The lowest BCUT2D eigenvalue weighted by Crippen LogP contribution is -2.34. The molecule has 1 aromatic carbocycles. The predicted octanol–water partition coefficient (Wildman–Crippen LogP) is 4.42. The molecule has 0 aliphatic heterocycles. The van der Waals surface area contributed by atoms with Crippen LogP contribution in [0.1, 0.15) is 51.4 Å². The van der Waals surface area contributed by atoms with E-state index in [1.54, 1.807) is 0 Å². The Labute approximate surface area is 128 Å². The SMILES string of the molecule is OC(COc1ccccc1)CC1CCCC2CCCCC21. The highest BCUT2D eigenvalue weighted by Crippen LogP contribution is 2.45.